The van der Waals surface area contributed by atoms with Gasteiger partial charge in [-0.2, -0.15) is 0 Å². The molecule has 1 rings (SSSR count). The molecule has 0 aromatic heterocycles. The van der Waals surface area contributed by atoms with Crippen LogP contribution >= 0.6 is 0 Å². The molecule has 1 fully saturated rings. The maximum absolute atomic E-state index is 11.5. The first-order chi connectivity index (χ1) is 7.59. The van der Waals surface area contributed by atoms with Crippen molar-refractivity contribution in [3.05, 3.63) is 0 Å². The number of rotatable bonds is 8. The summed E-state index contributed by atoms with van der Waals surface area (Å²) in [7, 11) is 0. The fourth-order valence-corrected chi connectivity index (χ4v) is 1.53. The Hall–Kier alpha value is -0.610. The lowest BCUT2D eigenvalue weighted by Crippen LogP contribution is -2.42. The maximum atomic E-state index is 11.5. The lowest BCUT2D eigenvalue weighted by atomic mass is 9.97. The highest BCUT2D eigenvalue weighted by atomic mass is 16.3. The van der Waals surface area contributed by atoms with Crippen LogP contribution in [-0.4, -0.2) is 35.7 Å². The summed E-state index contributed by atoms with van der Waals surface area (Å²) in [6, 6.07) is 0.649. The first-order valence-corrected chi connectivity index (χ1v) is 6.32. The summed E-state index contributed by atoms with van der Waals surface area (Å²) in [4.78, 5) is 11.5. The van der Waals surface area contributed by atoms with Crippen molar-refractivity contribution in [2.24, 2.45) is 0 Å². The number of hydrogen-bond acceptors (Lipinski definition) is 3. The van der Waals surface area contributed by atoms with E-state index in [2.05, 4.69) is 10.6 Å². The summed E-state index contributed by atoms with van der Waals surface area (Å²) >= 11 is 0. The third kappa shape index (κ3) is 4.94. The van der Waals surface area contributed by atoms with Crippen molar-refractivity contribution in [1.29, 1.82) is 0 Å². The fourth-order valence-electron chi connectivity index (χ4n) is 1.53. The highest BCUT2D eigenvalue weighted by Gasteiger charge is 2.23. The molecule has 0 atom stereocenters. The topological polar surface area (TPSA) is 61.4 Å². The first-order valence-electron chi connectivity index (χ1n) is 6.32. The largest absolute Gasteiger partial charge is 0.388 e. The van der Waals surface area contributed by atoms with Gasteiger partial charge >= 0.3 is 0 Å². The van der Waals surface area contributed by atoms with E-state index in [1.807, 2.05) is 13.8 Å². The van der Waals surface area contributed by atoms with Crippen molar-refractivity contribution in [2.45, 2.75) is 57.6 Å². The predicted octanol–water partition coefficient (Wildman–Crippen LogP) is 0.796. The SMILES string of the molecule is CCC(O)(CC)CNC(=O)CCNC1CC1. The van der Waals surface area contributed by atoms with Crippen LogP contribution in [0, 0.1) is 0 Å². The van der Waals surface area contributed by atoms with Crippen LogP contribution in [0.4, 0.5) is 0 Å². The third-order valence-electron chi connectivity index (χ3n) is 3.29. The van der Waals surface area contributed by atoms with Crippen molar-refractivity contribution in [3.8, 4) is 0 Å². The van der Waals surface area contributed by atoms with Crippen LogP contribution < -0.4 is 10.6 Å². The van der Waals surface area contributed by atoms with Crippen molar-refractivity contribution < 1.29 is 9.90 Å². The van der Waals surface area contributed by atoms with Gasteiger partial charge in [0.1, 0.15) is 0 Å². The van der Waals surface area contributed by atoms with Gasteiger partial charge in [0.15, 0.2) is 0 Å². The second kappa shape index (κ2) is 6.21. The van der Waals surface area contributed by atoms with Crippen LogP contribution in [-0.2, 0) is 4.79 Å². The van der Waals surface area contributed by atoms with E-state index in [-0.39, 0.29) is 5.91 Å². The number of carbonyl (C=O) groups excluding carboxylic acids is 1. The van der Waals surface area contributed by atoms with Gasteiger partial charge < -0.3 is 15.7 Å². The molecule has 0 bridgehead atoms. The third-order valence-corrected chi connectivity index (χ3v) is 3.29. The smallest absolute Gasteiger partial charge is 0.221 e. The molecule has 1 amide bonds. The van der Waals surface area contributed by atoms with Gasteiger partial charge in [0.2, 0.25) is 5.91 Å². The summed E-state index contributed by atoms with van der Waals surface area (Å²) in [6.45, 7) is 4.98. The highest BCUT2D eigenvalue weighted by Crippen LogP contribution is 2.18. The number of nitrogens with one attached hydrogen (secondary N) is 2. The van der Waals surface area contributed by atoms with Crippen LogP contribution in [0.25, 0.3) is 0 Å². The molecule has 16 heavy (non-hydrogen) atoms. The van der Waals surface area contributed by atoms with Crippen molar-refractivity contribution in [3.63, 3.8) is 0 Å². The van der Waals surface area contributed by atoms with Crippen LogP contribution in [0.15, 0.2) is 0 Å². The zero-order valence-corrected chi connectivity index (χ0v) is 10.4. The molecule has 4 nitrogen and oxygen atoms in total. The van der Waals surface area contributed by atoms with Gasteiger partial charge in [0.05, 0.1) is 5.60 Å². The Morgan fingerprint density at radius 1 is 1.38 bits per heavy atom. The molecule has 0 aromatic carbocycles. The van der Waals surface area contributed by atoms with Crippen LogP contribution in [0.2, 0.25) is 0 Å². The molecule has 0 unspecified atom stereocenters. The summed E-state index contributed by atoms with van der Waals surface area (Å²) in [6.07, 6.45) is 4.33. The molecule has 94 valence electrons. The molecule has 0 aliphatic heterocycles. The molecule has 1 aliphatic carbocycles. The number of hydrogen-bond donors (Lipinski definition) is 3. The minimum Gasteiger partial charge on any atom is -0.388 e. The molecule has 3 N–H and O–H groups in total. The molecule has 0 spiro atoms. The Labute approximate surface area is 97.8 Å². The van der Waals surface area contributed by atoms with Crippen molar-refractivity contribution in [2.75, 3.05) is 13.1 Å². The molecule has 0 saturated heterocycles. The standard InChI is InChI=1S/C12H24N2O2/c1-3-12(16,4-2)9-14-11(15)7-8-13-10-5-6-10/h10,13,16H,3-9H2,1-2H3,(H,14,15). The molecule has 0 radical (unpaired) electrons. The number of carbonyl (C=O) groups is 1. The van der Waals surface area contributed by atoms with Crippen LogP contribution in [0.5, 0.6) is 0 Å². The number of aliphatic hydroxyl groups is 1. The van der Waals surface area contributed by atoms with E-state index < -0.39 is 5.60 Å². The van der Waals surface area contributed by atoms with E-state index in [9.17, 15) is 9.90 Å². The number of amides is 1. The van der Waals surface area contributed by atoms with Gasteiger partial charge in [-0.1, -0.05) is 13.8 Å². The normalized spacial score (nSPS) is 16.2. The van der Waals surface area contributed by atoms with Crippen molar-refractivity contribution in [1.82, 2.24) is 10.6 Å². The molecule has 4 heteroatoms. The Morgan fingerprint density at radius 2 is 2.00 bits per heavy atom. The van der Waals surface area contributed by atoms with Gasteiger partial charge in [-0.25, -0.2) is 0 Å². The van der Waals surface area contributed by atoms with Crippen molar-refractivity contribution >= 4 is 5.91 Å². The summed E-state index contributed by atoms with van der Waals surface area (Å²) in [5.41, 5.74) is -0.737. The Kier molecular flexibility index (Phi) is 5.22. The molecular weight excluding hydrogens is 204 g/mol. The van der Waals surface area contributed by atoms with Crippen LogP contribution in [0.3, 0.4) is 0 Å². The molecule has 0 aromatic rings. The quantitative estimate of drug-likeness (QED) is 0.576. The summed E-state index contributed by atoms with van der Waals surface area (Å²) in [5.74, 6) is 0.0217. The minimum absolute atomic E-state index is 0.0217. The lowest BCUT2D eigenvalue weighted by molar-refractivity contribution is -0.122. The van der Waals surface area contributed by atoms with Gasteiger partial charge in [-0.3, -0.25) is 4.79 Å². The van der Waals surface area contributed by atoms with E-state index in [0.717, 1.165) is 6.54 Å². The van der Waals surface area contributed by atoms with Gasteiger partial charge in [0, 0.05) is 25.6 Å². The zero-order chi connectivity index (χ0) is 12.0. The summed E-state index contributed by atoms with van der Waals surface area (Å²) < 4.78 is 0. The van der Waals surface area contributed by atoms with E-state index >= 15 is 0 Å². The predicted molar refractivity (Wildman–Crippen MR) is 64.2 cm³/mol. The molecule has 1 aliphatic rings. The average Bonchev–Trinajstić information content (AvgIpc) is 3.10. The average molecular weight is 228 g/mol. The summed E-state index contributed by atoms with van der Waals surface area (Å²) in [5, 5.41) is 16.1. The van der Waals surface area contributed by atoms with Gasteiger partial charge in [-0.05, 0) is 25.7 Å². The van der Waals surface area contributed by atoms with Gasteiger partial charge in [0.25, 0.3) is 0 Å². The minimum atomic E-state index is -0.737. The Morgan fingerprint density at radius 3 is 2.50 bits per heavy atom. The monoisotopic (exact) mass is 228 g/mol. The van der Waals surface area contributed by atoms with Gasteiger partial charge in [-0.15, -0.1) is 0 Å². The van der Waals surface area contributed by atoms with Crippen LogP contribution in [0.1, 0.15) is 46.0 Å². The molecular formula is C12H24N2O2. The zero-order valence-electron chi connectivity index (χ0n) is 10.4. The molecule has 1 saturated carbocycles. The second-order valence-electron chi connectivity index (χ2n) is 4.69. The first kappa shape index (κ1) is 13.5. The molecule has 0 heterocycles. The lowest BCUT2D eigenvalue weighted by Gasteiger charge is -2.25. The maximum Gasteiger partial charge on any atom is 0.221 e. The van der Waals surface area contributed by atoms with E-state index in [4.69, 9.17) is 0 Å². The fraction of sp³-hybridized carbons (Fsp3) is 0.917. The van der Waals surface area contributed by atoms with E-state index in [1.165, 1.54) is 12.8 Å². The second-order valence-corrected chi connectivity index (χ2v) is 4.69. The Bertz CT molecular complexity index is 223. The van der Waals surface area contributed by atoms with E-state index in [1.54, 1.807) is 0 Å². The van der Waals surface area contributed by atoms with E-state index in [0.29, 0.717) is 31.8 Å². The Balaban J connectivity index is 2.07. The highest BCUT2D eigenvalue weighted by molar-refractivity contribution is 5.76.